The summed E-state index contributed by atoms with van der Waals surface area (Å²) < 4.78 is 10.2. The number of hydrogen-bond donors (Lipinski definition) is 0. The molecule has 1 atom stereocenters. The Kier molecular flexibility index (Phi) is 4.63. The number of anilines is 1. The van der Waals surface area contributed by atoms with Gasteiger partial charge in [0.05, 0.1) is 19.2 Å². The number of rotatable bonds is 5. The normalized spacial score (nSPS) is 21.0. The van der Waals surface area contributed by atoms with Crippen LogP contribution < -0.4 is 4.90 Å². The number of ether oxygens (including phenoxy) is 1. The van der Waals surface area contributed by atoms with E-state index in [2.05, 4.69) is 26.9 Å². The number of aromatic nitrogens is 2. The molecular formula is C19H24N4O3. The van der Waals surface area contributed by atoms with Gasteiger partial charge >= 0.3 is 5.97 Å². The van der Waals surface area contributed by atoms with E-state index in [4.69, 9.17) is 9.26 Å². The van der Waals surface area contributed by atoms with Gasteiger partial charge < -0.3 is 14.2 Å². The monoisotopic (exact) mass is 356 g/mol. The molecule has 7 nitrogen and oxygen atoms in total. The van der Waals surface area contributed by atoms with Crippen LogP contribution in [0.1, 0.15) is 47.8 Å². The molecule has 0 bridgehead atoms. The highest BCUT2D eigenvalue weighted by Crippen LogP contribution is 2.38. The molecule has 2 aromatic rings. The molecular weight excluding hydrogens is 332 g/mol. The zero-order valence-electron chi connectivity index (χ0n) is 15.2. The van der Waals surface area contributed by atoms with E-state index in [1.807, 2.05) is 24.3 Å². The van der Waals surface area contributed by atoms with Gasteiger partial charge in [0.25, 0.3) is 0 Å². The lowest BCUT2D eigenvalue weighted by atomic mass is 10.1. The molecule has 1 saturated carbocycles. The largest absolute Gasteiger partial charge is 0.465 e. The second kappa shape index (κ2) is 7.07. The molecule has 138 valence electrons. The van der Waals surface area contributed by atoms with Gasteiger partial charge in [-0.05, 0) is 44.0 Å². The number of esters is 1. The van der Waals surface area contributed by atoms with Crippen LogP contribution in [0.4, 0.5) is 5.69 Å². The van der Waals surface area contributed by atoms with Crippen molar-refractivity contribution in [3.05, 3.63) is 41.5 Å². The lowest BCUT2D eigenvalue weighted by Crippen LogP contribution is -2.51. The number of carbonyl (C=O) groups is 1. The summed E-state index contributed by atoms with van der Waals surface area (Å²) in [6.07, 6.45) is 2.37. The van der Waals surface area contributed by atoms with Crippen LogP contribution in [0.5, 0.6) is 0 Å². The number of nitrogens with zero attached hydrogens (tertiary/aromatic N) is 4. The van der Waals surface area contributed by atoms with E-state index in [0.717, 1.165) is 37.0 Å². The highest BCUT2D eigenvalue weighted by Gasteiger charge is 2.30. The van der Waals surface area contributed by atoms with Crippen molar-refractivity contribution in [2.75, 3.05) is 31.6 Å². The van der Waals surface area contributed by atoms with E-state index >= 15 is 0 Å². The second-order valence-corrected chi connectivity index (χ2v) is 7.12. The third kappa shape index (κ3) is 3.58. The van der Waals surface area contributed by atoms with Crippen LogP contribution in [0.2, 0.25) is 0 Å². The van der Waals surface area contributed by atoms with Gasteiger partial charge in [-0.2, -0.15) is 4.98 Å². The van der Waals surface area contributed by atoms with Crippen molar-refractivity contribution in [1.29, 1.82) is 0 Å². The summed E-state index contributed by atoms with van der Waals surface area (Å²) in [5, 5.41) is 4.10. The van der Waals surface area contributed by atoms with Crippen LogP contribution in [0.15, 0.2) is 28.8 Å². The molecule has 0 radical (unpaired) electrons. The Bertz CT molecular complexity index is 769. The van der Waals surface area contributed by atoms with Gasteiger partial charge in [0.2, 0.25) is 5.89 Å². The minimum absolute atomic E-state index is 0.306. The standard InChI is InChI=1S/C19H24N4O3/c1-13-11-23(16-7-5-15(6-8-16)19(24)25-2)10-9-22(13)12-17-20-18(21-26-17)14-3-4-14/h5-8,13-14H,3-4,9-12H2,1-2H3/t13-/m0/s1. The summed E-state index contributed by atoms with van der Waals surface area (Å²) in [7, 11) is 1.40. The Labute approximate surface area is 152 Å². The van der Waals surface area contributed by atoms with Crippen molar-refractivity contribution in [2.24, 2.45) is 0 Å². The highest BCUT2D eigenvalue weighted by atomic mass is 16.5. The Hall–Kier alpha value is -2.41. The molecule has 4 rings (SSSR count). The average Bonchev–Trinajstić information content (AvgIpc) is 3.42. The Morgan fingerprint density at radius 1 is 1.27 bits per heavy atom. The summed E-state index contributed by atoms with van der Waals surface area (Å²) >= 11 is 0. The van der Waals surface area contributed by atoms with Gasteiger partial charge in [0.15, 0.2) is 5.82 Å². The maximum absolute atomic E-state index is 11.6. The number of piperazine rings is 1. The van der Waals surface area contributed by atoms with Crippen molar-refractivity contribution < 1.29 is 14.1 Å². The molecule has 2 fully saturated rings. The van der Waals surface area contributed by atoms with Gasteiger partial charge in [-0.25, -0.2) is 4.79 Å². The first-order chi connectivity index (χ1) is 12.6. The number of benzene rings is 1. The molecule has 1 saturated heterocycles. The maximum atomic E-state index is 11.6. The van der Waals surface area contributed by atoms with Crippen LogP contribution >= 0.6 is 0 Å². The molecule has 1 aromatic carbocycles. The zero-order valence-corrected chi connectivity index (χ0v) is 15.2. The van der Waals surface area contributed by atoms with Crippen LogP contribution in [0.3, 0.4) is 0 Å². The lowest BCUT2D eigenvalue weighted by molar-refractivity contribution is 0.0600. The summed E-state index contributed by atoms with van der Waals surface area (Å²) in [6.45, 7) is 5.69. The van der Waals surface area contributed by atoms with E-state index in [1.165, 1.54) is 20.0 Å². The topological polar surface area (TPSA) is 71.7 Å². The van der Waals surface area contributed by atoms with Gasteiger partial charge in [-0.15, -0.1) is 0 Å². The molecule has 7 heteroatoms. The Morgan fingerprint density at radius 3 is 2.69 bits per heavy atom. The van der Waals surface area contributed by atoms with E-state index in [-0.39, 0.29) is 5.97 Å². The smallest absolute Gasteiger partial charge is 0.337 e. The molecule has 2 aliphatic rings. The predicted octanol–water partition coefficient (Wildman–Crippen LogP) is 2.44. The predicted molar refractivity (Wildman–Crippen MR) is 96.1 cm³/mol. The van der Waals surface area contributed by atoms with Crippen LogP contribution in [-0.2, 0) is 11.3 Å². The van der Waals surface area contributed by atoms with Crippen molar-refractivity contribution in [1.82, 2.24) is 15.0 Å². The van der Waals surface area contributed by atoms with E-state index in [9.17, 15) is 4.79 Å². The first-order valence-corrected chi connectivity index (χ1v) is 9.14. The molecule has 26 heavy (non-hydrogen) atoms. The number of methoxy groups -OCH3 is 1. The van der Waals surface area contributed by atoms with E-state index in [0.29, 0.717) is 24.1 Å². The van der Waals surface area contributed by atoms with E-state index in [1.54, 1.807) is 0 Å². The first kappa shape index (κ1) is 17.0. The molecule has 1 aliphatic heterocycles. The van der Waals surface area contributed by atoms with Crippen LogP contribution in [0, 0.1) is 0 Å². The second-order valence-electron chi connectivity index (χ2n) is 7.12. The number of carbonyl (C=O) groups excluding carboxylic acids is 1. The molecule has 1 aromatic heterocycles. The fourth-order valence-electron chi connectivity index (χ4n) is 3.40. The quantitative estimate of drug-likeness (QED) is 0.762. The summed E-state index contributed by atoms with van der Waals surface area (Å²) in [6, 6.07) is 7.97. The minimum atomic E-state index is -0.306. The maximum Gasteiger partial charge on any atom is 0.337 e. The highest BCUT2D eigenvalue weighted by molar-refractivity contribution is 5.89. The van der Waals surface area contributed by atoms with Crippen molar-refractivity contribution in [2.45, 2.75) is 38.3 Å². The molecule has 0 amide bonds. The van der Waals surface area contributed by atoms with Crippen LogP contribution in [0.25, 0.3) is 0 Å². The number of hydrogen-bond acceptors (Lipinski definition) is 7. The van der Waals surface area contributed by atoms with Crippen molar-refractivity contribution in [3.8, 4) is 0 Å². The van der Waals surface area contributed by atoms with Gasteiger partial charge in [-0.3, -0.25) is 4.90 Å². The van der Waals surface area contributed by atoms with Crippen molar-refractivity contribution in [3.63, 3.8) is 0 Å². The Balaban J connectivity index is 1.35. The third-order valence-electron chi connectivity index (χ3n) is 5.18. The first-order valence-electron chi connectivity index (χ1n) is 9.14. The zero-order chi connectivity index (χ0) is 18.1. The van der Waals surface area contributed by atoms with Crippen molar-refractivity contribution >= 4 is 11.7 Å². The molecule has 2 heterocycles. The van der Waals surface area contributed by atoms with Gasteiger partial charge in [0, 0.05) is 37.3 Å². The molecule has 0 spiro atoms. The summed E-state index contributed by atoms with van der Waals surface area (Å²) in [5.74, 6) is 1.81. The SMILES string of the molecule is COC(=O)c1ccc(N2CCN(Cc3nc(C4CC4)no3)[C@@H](C)C2)cc1. The van der Waals surface area contributed by atoms with Gasteiger partial charge in [0.1, 0.15) is 0 Å². The molecule has 0 unspecified atom stereocenters. The summed E-state index contributed by atoms with van der Waals surface area (Å²) in [4.78, 5) is 20.8. The average molecular weight is 356 g/mol. The van der Waals surface area contributed by atoms with Crippen LogP contribution in [-0.4, -0.2) is 53.8 Å². The summed E-state index contributed by atoms with van der Waals surface area (Å²) in [5.41, 5.74) is 1.70. The minimum Gasteiger partial charge on any atom is -0.465 e. The Morgan fingerprint density at radius 2 is 2.04 bits per heavy atom. The third-order valence-corrected chi connectivity index (χ3v) is 5.18. The lowest BCUT2D eigenvalue weighted by Gasteiger charge is -2.40. The van der Waals surface area contributed by atoms with E-state index < -0.39 is 0 Å². The fraction of sp³-hybridized carbons (Fsp3) is 0.526. The molecule has 0 N–H and O–H groups in total. The fourth-order valence-corrected chi connectivity index (χ4v) is 3.40. The molecule has 1 aliphatic carbocycles. The van der Waals surface area contributed by atoms with Gasteiger partial charge in [-0.1, -0.05) is 5.16 Å².